The smallest absolute Gasteiger partial charge is 0.416 e. The normalized spacial score (nSPS) is 12.6. The van der Waals surface area contributed by atoms with Gasteiger partial charge in [-0.05, 0) is 49.6 Å². The summed E-state index contributed by atoms with van der Waals surface area (Å²) < 4.78 is 51.2. The fourth-order valence-electron chi connectivity index (χ4n) is 3.86. The van der Waals surface area contributed by atoms with Crippen LogP contribution in [0.1, 0.15) is 60.3 Å². The number of hydrogen-bond acceptors (Lipinski definition) is 4. The molecule has 3 rings (SSSR count). The highest BCUT2D eigenvalue weighted by Crippen LogP contribution is 2.47. The van der Waals surface area contributed by atoms with Gasteiger partial charge < -0.3 is 9.47 Å². The van der Waals surface area contributed by atoms with E-state index in [4.69, 9.17) is 21.1 Å². The SMILES string of the molecule is CC[C@H](C)c1c(OC)c(Cl)cc2c1c(OC(C)=O)c(C)n2C(=O)c1ccc(C(F)(F)F)cc1. The third kappa shape index (κ3) is 4.44. The summed E-state index contributed by atoms with van der Waals surface area (Å²) in [5.41, 5.74) is 0.546. The second-order valence-electron chi connectivity index (χ2n) is 7.73. The predicted molar refractivity (Wildman–Crippen MR) is 119 cm³/mol. The van der Waals surface area contributed by atoms with Gasteiger partial charge in [0.1, 0.15) is 5.75 Å². The number of ether oxygens (including phenoxy) is 2. The van der Waals surface area contributed by atoms with Gasteiger partial charge in [0.2, 0.25) is 0 Å². The minimum Gasteiger partial charge on any atom is -0.495 e. The van der Waals surface area contributed by atoms with Gasteiger partial charge in [0.15, 0.2) is 5.75 Å². The lowest BCUT2D eigenvalue weighted by atomic mass is 9.93. The number of methoxy groups -OCH3 is 1. The number of halogens is 4. The van der Waals surface area contributed by atoms with Crippen molar-refractivity contribution >= 4 is 34.4 Å². The van der Waals surface area contributed by atoms with Crippen LogP contribution < -0.4 is 9.47 Å². The summed E-state index contributed by atoms with van der Waals surface area (Å²) in [6, 6.07) is 5.46. The summed E-state index contributed by atoms with van der Waals surface area (Å²) in [5.74, 6) is -0.634. The maximum atomic E-state index is 13.4. The third-order valence-electron chi connectivity index (χ3n) is 5.60. The van der Waals surface area contributed by atoms with E-state index in [1.54, 1.807) is 6.92 Å². The second kappa shape index (κ2) is 9.09. The molecule has 0 aliphatic carbocycles. The van der Waals surface area contributed by atoms with Crippen molar-refractivity contribution in [1.29, 1.82) is 0 Å². The van der Waals surface area contributed by atoms with E-state index in [0.717, 1.165) is 24.3 Å². The Morgan fingerprint density at radius 1 is 1.15 bits per heavy atom. The van der Waals surface area contributed by atoms with Crippen molar-refractivity contribution in [3.8, 4) is 11.5 Å². The molecule has 0 saturated carbocycles. The van der Waals surface area contributed by atoms with E-state index in [2.05, 4.69) is 0 Å². The van der Waals surface area contributed by atoms with Crippen LogP contribution in [0.2, 0.25) is 5.02 Å². The molecule has 0 aliphatic rings. The predicted octanol–water partition coefficient (Wildman–Crippen LogP) is 6.76. The van der Waals surface area contributed by atoms with Gasteiger partial charge in [-0.15, -0.1) is 0 Å². The Morgan fingerprint density at radius 3 is 2.24 bits per heavy atom. The summed E-state index contributed by atoms with van der Waals surface area (Å²) in [6.07, 6.45) is -3.81. The molecule has 0 fully saturated rings. The fraction of sp³-hybridized carbons (Fsp3) is 0.333. The maximum Gasteiger partial charge on any atom is 0.416 e. The Balaban J connectivity index is 2.34. The number of carbonyl (C=O) groups excluding carboxylic acids is 2. The molecule has 1 heterocycles. The second-order valence-corrected chi connectivity index (χ2v) is 8.14. The van der Waals surface area contributed by atoms with Gasteiger partial charge >= 0.3 is 12.1 Å². The molecule has 0 saturated heterocycles. The fourth-order valence-corrected chi connectivity index (χ4v) is 4.14. The minimum absolute atomic E-state index is 0.0365. The number of benzene rings is 2. The van der Waals surface area contributed by atoms with Crippen LogP contribution in [0, 0.1) is 6.92 Å². The standard InChI is InChI=1S/C24H23ClF3NO4/c1-6-12(2)19-20-18(11-17(25)22(19)32-5)29(13(3)21(20)33-14(4)30)23(31)15-7-9-16(10-8-15)24(26,27)28/h7-12H,6H2,1-5H3/t12-/m0/s1. The van der Waals surface area contributed by atoms with E-state index in [1.807, 2.05) is 13.8 Å². The molecule has 0 amide bonds. The van der Waals surface area contributed by atoms with Crippen LogP contribution in [-0.4, -0.2) is 23.6 Å². The first-order valence-corrected chi connectivity index (χ1v) is 10.6. The number of fused-ring (bicyclic) bond motifs is 1. The molecule has 5 nitrogen and oxygen atoms in total. The van der Waals surface area contributed by atoms with Crippen LogP contribution in [0.3, 0.4) is 0 Å². The van der Waals surface area contributed by atoms with Crippen LogP contribution in [0.15, 0.2) is 30.3 Å². The zero-order valence-electron chi connectivity index (χ0n) is 18.8. The molecule has 0 aliphatic heterocycles. The van der Waals surface area contributed by atoms with Gasteiger partial charge in [-0.2, -0.15) is 13.2 Å². The zero-order chi connectivity index (χ0) is 24.7. The molecule has 0 bridgehead atoms. The summed E-state index contributed by atoms with van der Waals surface area (Å²) >= 11 is 6.49. The van der Waals surface area contributed by atoms with Crippen molar-refractivity contribution in [2.24, 2.45) is 0 Å². The van der Waals surface area contributed by atoms with E-state index in [1.165, 1.54) is 24.7 Å². The lowest BCUT2D eigenvalue weighted by Gasteiger charge is -2.18. The quantitative estimate of drug-likeness (QED) is 0.378. The largest absolute Gasteiger partial charge is 0.495 e. The molecule has 0 radical (unpaired) electrons. The molecular formula is C24H23ClF3NO4. The minimum atomic E-state index is -4.52. The lowest BCUT2D eigenvalue weighted by molar-refractivity contribution is -0.137. The highest BCUT2D eigenvalue weighted by atomic mass is 35.5. The Hall–Kier alpha value is -3.00. The lowest BCUT2D eigenvalue weighted by Crippen LogP contribution is -2.14. The third-order valence-corrected chi connectivity index (χ3v) is 5.88. The maximum absolute atomic E-state index is 13.4. The molecule has 9 heteroatoms. The molecule has 3 aromatic rings. The molecule has 0 spiro atoms. The first-order valence-electron chi connectivity index (χ1n) is 10.2. The van der Waals surface area contributed by atoms with Crippen LogP contribution in [0.4, 0.5) is 13.2 Å². The molecule has 1 atom stereocenters. The molecule has 176 valence electrons. The topological polar surface area (TPSA) is 57.5 Å². The number of hydrogen-bond donors (Lipinski definition) is 0. The number of carbonyl (C=O) groups is 2. The van der Waals surface area contributed by atoms with Crippen molar-refractivity contribution in [3.05, 3.63) is 57.7 Å². The van der Waals surface area contributed by atoms with Gasteiger partial charge in [-0.25, -0.2) is 0 Å². The van der Waals surface area contributed by atoms with E-state index >= 15 is 0 Å². The first-order chi connectivity index (χ1) is 15.4. The number of alkyl halides is 3. The first kappa shape index (κ1) is 24.6. The van der Waals surface area contributed by atoms with Crippen LogP contribution in [-0.2, 0) is 11.0 Å². The molecule has 1 aromatic heterocycles. The monoisotopic (exact) mass is 481 g/mol. The number of esters is 1. The number of aromatic nitrogens is 1. The van der Waals surface area contributed by atoms with Crippen molar-refractivity contribution in [2.45, 2.75) is 46.2 Å². The molecule has 2 aromatic carbocycles. The van der Waals surface area contributed by atoms with Crippen molar-refractivity contribution in [3.63, 3.8) is 0 Å². The van der Waals surface area contributed by atoms with Crippen LogP contribution >= 0.6 is 11.6 Å². The zero-order valence-corrected chi connectivity index (χ0v) is 19.5. The molecule has 0 unspecified atom stereocenters. The summed E-state index contributed by atoms with van der Waals surface area (Å²) in [4.78, 5) is 25.3. The van der Waals surface area contributed by atoms with Gasteiger partial charge in [-0.1, -0.05) is 25.4 Å². The van der Waals surface area contributed by atoms with Gasteiger partial charge in [-0.3, -0.25) is 14.2 Å². The Bertz CT molecular complexity index is 1230. The summed E-state index contributed by atoms with van der Waals surface area (Å²) in [5, 5.41) is 0.757. The van der Waals surface area contributed by atoms with Gasteiger partial charge in [0, 0.05) is 18.1 Å². The van der Waals surface area contributed by atoms with E-state index in [0.29, 0.717) is 34.3 Å². The Labute approximate surface area is 194 Å². The summed E-state index contributed by atoms with van der Waals surface area (Å²) in [6.45, 7) is 6.77. The van der Waals surface area contributed by atoms with E-state index in [9.17, 15) is 22.8 Å². The highest BCUT2D eigenvalue weighted by Gasteiger charge is 2.32. The average molecular weight is 482 g/mol. The number of rotatable bonds is 5. The molecule has 33 heavy (non-hydrogen) atoms. The van der Waals surface area contributed by atoms with Gasteiger partial charge in [0.25, 0.3) is 5.91 Å². The van der Waals surface area contributed by atoms with Crippen LogP contribution in [0.25, 0.3) is 10.9 Å². The van der Waals surface area contributed by atoms with E-state index in [-0.39, 0.29) is 22.3 Å². The number of nitrogens with zero attached hydrogens (tertiary/aromatic N) is 1. The Kier molecular flexibility index (Phi) is 6.79. The van der Waals surface area contributed by atoms with Gasteiger partial charge in [0.05, 0.1) is 34.3 Å². The highest BCUT2D eigenvalue weighted by molar-refractivity contribution is 6.33. The van der Waals surface area contributed by atoms with Crippen LogP contribution in [0.5, 0.6) is 11.5 Å². The van der Waals surface area contributed by atoms with Crippen molar-refractivity contribution in [1.82, 2.24) is 4.57 Å². The van der Waals surface area contributed by atoms with Crippen molar-refractivity contribution in [2.75, 3.05) is 7.11 Å². The van der Waals surface area contributed by atoms with Crippen molar-refractivity contribution < 1.29 is 32.2 Å². The molecular weight excluding hydrogens is 459 g/mol. The average Bonchev–Trinajstić information content (AvgIpc) is 3.01. The molecule has 0 N–H and O–H groups in total. The Morgan fingerprint density at radius 2 is 1.76 bits per heavy atom. The van der Waals surface area contributed by atoms with E-state index < -0.39 is 23.6 Å². The summed E-state index contributed by atoms with van der Waals surface area (Å²) in [7, 11) is 1.47.